The second-order valence-electron chi connectivity index (χ2n) is 9.26. The van der Waals surface area contributed by atoms with Crippen molar-refractivity contribution >= 4 is 11.5 Å². The first-order valence-electron chi connectivity index (χ1n) is 12.7. The number of benzene rings is 1. The van der Waals surface area contributed by atoms with Gasteiger partial charge in [-0.05, 0) is 32.0 Å². The van der Waals surface area contributed by atoms with Crippen LogP contribution in [0, 0.1) is 0 Å². The molecular formula is C27H33N7O4. The zero-order valence-electron chi connectivity index (χ0n) is 21.9. The minimum Gasteiger partial charge on any atom is -0.497 e. The molecule has 0 spiro atoms. The number of nitrogens with zero attached hydrogens (tertiary/aromatic N) is 6. The standard InChI is InChI=1S/C27H33N7O4/c1-28-14-20(35)17-38-22-11-18(10-21(12-22)36-3)27-31-23(24-15-30-26-16-29-6-7-34(24)26)13-25(32-27)33(2)19-4-8-37-9-5-19/h6-7,10-13,15-16,19-20,28,35H,4-5,8-9,14,17H2,1-3H3. The molecule has 0 amide bonds. The number of methoxy groups -OCH3 is 1. The predicted molar refractivity (Wildman–Crippen MR) is 144 cm³/mol. The Bertz CT molecular complexity index is 1370. The lowest BCUT2D eigenvalue weighted by Gasteiger charge is -2.32. The van der Waals surface area contributed by atoms with E-state index in [1.54, 1.807) is 38.8 Å². The summed E-state index contributed by atoms with van der Waals surface area (Å²) in [5.41, 5.74) is 3.04. The molecule has 0 aliphatic carbocycles. The van der Waals surface area contributed by atoms with Gasteiger partial charge in [0, 0.05) is 62.9 Å². The van der Waals surface area contributed by atoms with Crippen molar-refractivity contribution < 1.29 is 19.3 Å². The molecule has 1 atom stereocenters. The molecule has 1 aliphatic rings. The van der Waals surface area contributed by atoms with E-state index in [9.17, 15) is 5.11 Å². The molecule has 11 nitrogen and oxygen atoms in total. The number of aliphatic hydroxyl groups excluding tert-OH is 1. The molecule has 4 aromatic rings. The number of imidazole rings is 1. The molecule has 0 saturated carbocycles. The lowest BCUT2D eigenvalue weighted by atomic mass is 10.1. The van der Waals surface area contributed by atoms with E-state index in [4.69, 9.17) is 24.2 Å². The van der Waals surface area contributed by atoms with Gasteiger partial charge in [-0.25, -0.2) is 15.0 Å². The number of aromatic nitrogens is 5. The first-order valence-corrected chi connectivity index (χ1v) is 12.7. The van der Waals surface area contributed by atoms with E-state index in [0.717, 1.165) is 54.5 Å². The van der Waals surface area contributed by atoms with E-state index in [2.05, 4.69) is 27.2 Å². The molecule has 200 valence electrons. The minimum atomic E-state index is -0.640. The Hall–Kier alpha value is -3.80. The Labute approximate surface area is 221 Å². The normalized spacial score (nSPS) is 14.9. The van der Waals surface area contributed by atoms with Crippen molar-refractivity contribution in [1.29, 1.82) is 0 Å². The van der Waals surface area contributed by atoms with Gasteiger partial charge in [-0.1, -0.05) is 0 Å². The van der Waals surface area contributed by atoms with Crippen LogP contribution in [0.25, 0.3) is 28.4 Å². The van der Waals surface area contributed by atoms with Gasteiger partial charge in [0.05, 0.1) is 30.9 Å². The molecule has 4 heterocycles. The minimum absolute atomic E-state index is 0.141. The third-order valence-corrected chi connectivity index (χ3v) is 6.65. The van der Waals surface area contributed by atoms with Gasteiger partial charge in [0.1, 0.15) is 30.0 Å². The highest BCUT2D eigenvalue weighted by molar-refractivity contribution is 5.69. The van der Waals surface area contributed by atoms with Gasteiger partial charge in [0.25, 0.3) is 0 Å². The molecule has 38 heavy (non-hydrogen) atoms. The average Bonchev–Trinajstić information content (AvgIpc) is 3.40. The van der Waals surface area contributed by atoms with Crippen LogP contribution in [0.2, 0.25) is 0 Å². The molecule has 1 saturated heterocycles. The highest BCUT2D eigenvalue weighted by Crippen LogP contribution is 2.32. The Balaban J connectivity index is 1.58. The summed E-state index contributed by atoms with van der Waals surface area (Å²) in [6.45, 7) is 2.03. The third kappa shape index (κ3) is 5.69. The molecular weight excluding hydrogens is 486 g/mol. The number of aliphatic hydroxyl groups is 1. The van der Waals surface area contributed by atoms with Gasteiger partial charge in [-0.2, -0.15) is 0 Å². The monoisotopic (exact) mass is 519 g/mol. The largest absolute Gasteiger partial charge is 0.497 e. The summed E-state index contributed by atoms with van der Waals surface area (Å²) in [5.74, 6) is 2.49. The van der Waals surface area contributed by atoms with Crippen LogP contribution in [0.1, 0.15) is 12.8 Å². The lowest BCUT2D eigenvalue weighted by molar-refractivity contribution is 0.0853. The smallest absolute Gasteiger partial charge is 0.162 e. The maximum atomic E-state index is 10.1. The van der Waals surface area contributed by atoms with Gasteiger partial charge in [-0.15, -0.1) is 0 Å². The first kappa shape index (κ1) is 25.8. The number of ether oxygens (including phenoxy) is 3. The SMILES string of the molecule is CNCC(O)COc1cc(OC)cc(-c2nc(-c3cnc4cnccn34)cc(N(C)C3CCOCC3)n2)c1. The predicted octanol–water partition coefficient (Wildman–Crippen LogP) is 2.44. The third-order valence-electron chi connectivity index (χ3n) is 6.65. The summed E-state index contributed by atoms with van der Waals surface area (Å²) in [6, 6.07) is 7.83. The fraction of sp³-hybridized carbons (Fsp3) is 0.407. The van der Waals surface area contributed by atoms with Crippen molar-refractivity contribution in [3.05, 3.63) is 49.1 Å². The van der Waals surface area contributed by atoms with Crippen molar-refractivity contribution in [2.75, 3.05) is 52.5 Å². The van der Waals surface area contributed by atoms with E-state index >= 15 is 0 Å². The highest BCUT2D eigenvalue weighted by atomic mass is 16.5. The lowest BCUT2D eigenvalue weighted by Crippen LogP contribution is -2.37. The van der Waals surface area contributed by atoms with Crippen molar-refractivity contribution in [3.8, 4) is 34.3 Å². The van der Waals surface area contributed by atoms with Crippen LogP contribution in [0.5, 0.6) is 11.5 Å². The highest BCUT2D eigenvalue weighted by Gasteiger charge is 2.22. The molecule has 1 aromatic carbocycles. The number of nitrogens with one attached hydrogen (secondary N) is 1. The Morgan fingerprint density at radius 2 is 1.97 bits per heavy atom. The molecule has 1 fully saturated rings. The van der Waals surface area contributed by atoms with Crippen molar-refractivity contribution in [2.24, 2.45) is 0 Å². The van der Waals surface area contributed by atoms with Crippen molar-refractivity contribution in [2.45, 2.75) is 25.0 Å². The molecule has 3 aromatic heterocycles. The van der Waals surface area contributed by atoms with Crippen LogP contribution >= 0.6 is 0 Å². The molecule has 0 radical (unpaired) electrons. The first-order chi connectivity index (χ1) is 18.6. The second-order valence-corrected chi connectivity index (χ2v) is 9.26. The molecule has 1 unspecified atom stereocenters. The number of hydrogen-bond acceptors (Lipinski definition) is 10. The van der Waals surface area contributed by atoms with Crippen LogP contribution in [0.3, 0.4) is 0 Å². The molecule has 5 rings (SSSR count). The van der Waals surface area contributed by atoms with E-state index in [1.165, 1.54) is 0 Å². The van der Waals surface area contributed by atoms with Gasteiger partial charge in [-0.3, -0.25) is 9.38 Å². The number of hydrogen-bond donors (Lipinski definition) is 2. The fourth-order valence-electron chi connectivity index (χ4n) is 4.56. The van der Waals surface area contributed by atoms with Crippen LogP contribution < -0.4 is 19.7 Å². The zero-order chi connectivity index (χ0) is 26.5. The summed E-state index contributed by atoms with van der Waals surface area (Å²) < 4.78 is 19.0. The van der Waals surface area contributed by atoms with Crippen LogP contribution in [-0.4, -0.2) is 89.2 Å². The number of fused-ring (bicyclic) bond motifs is 1. The van der Waals surface area contributed by atoms with E-state index in [1.807, 2.05) is 28.8 Å². The molecule has 2 N–H and O–H groups in total. The van der Waals surface area contributed by atoms with Gasteiger partial charge < -0.3 is 29.5 Å². The summed E-state index contributed by atoms with van der Waals surface area (Å²) in [5, 5.41) is 13.0. The Kier molecular flexibility index (Phi) is 7.97. The van der Waals surface area contributed by atoms with Gasteiger partial charge >= 0.3 is 0 Å². The maximum absolute atomic E-state index is 10.1. The van der Waals surface area contributed by atoms with E-state index in [-0.39, 0.29) is 6.61 Å². The van der Waals surface area contributed by atoms with E-state index in [0.29, 0.717) is 29.9 Å². The summed E-state index contributed by atoms with van der Waals surface area (Å²) in [6.07, 6.45) is 8.33. The summed E-state index contributed by atoms with van der Waals surface area (Å²) in [4.78, 5) is 20.8. The van der Waals surface area contributed by atoms with E-state index < -0.39 is 6.10 Å². The fourth-order valence-corrected chi connectivity index (χ4v) is 4.56. The van der Waals surface area contributed by atoms with Gasteiger partial charge in [0.2, 0.25) is 0 Å². The van der Waals surface area contributed by atoms with Crippen LogP contribution in [0.4, 0.5) is 5.82 Å². The van der Waals surface area contributed by atoms with Crippen molar-refractivity contribution in [3.63, 3.8) is 0 Å². The molecule has 1 aliphatic heterocycles. The maximum Gasteiger partial charge on any atom is 0.162 e. The molecule has 0 bridgehead atoms. The zero-order valence-corrected chi connectivity index (χ0v) is 21.9. The second kappa shape index (κ2) is 11.7. The van der Waals surface area contributed by atoms with Crippen LogP contribution in [-0.2, 0) is 4.74 Å². The summed E-state index contributed by atoms with van der Waals surface area (Å²) >= 11 is 0. The van der Waals surface area contributed by atoms with Crippen LogP contribution in [0.15, 0.2) is 49.1 Å². The topological polar surface area (TPSA) is 119 Å². The summed E-state index contributed by atoms with van der Waals surface area (Å²) in [7, 11) is 5.45. The number of rotatable bonds is 10. The van der Waals surface area contributed by atoms with Crippen molar-refractivity contribution in [1.82, 2.24) is 29.7 Å². The average molecular weight is 520 g/mol. The number of anilines is 1. The Morgan fingerprint density at radius 3 is 2.76 bits per heavy atom. The quantitative estimate of drug-likeness (QED) is 0.323. The number of likely N-dealkylation sites (N-methyl/N-ethyl adjacent to an activating group) is 1. The Morgan fingerprint density at radius 1 is 1.16 bits per heavy atom. The van der Waals surface area contributed by atoms with Gasteiger partial charge in [0.15, 0.2) is 11.5 Å². The molecule has 11 heteroatoms.